The third-order valence-electron chi connectivity index (χ3n) is 3.62. The summed E-state index contributed by atoms with van der Waals surface area (Å²) >= 11 is 6.25. The van der Waals surface area contributed by atoms with Crippen molar-refractivity contribution in [3.63, 3.8) is 0 Å². The van der Waals surface area contributed by atoms with E-state index in [1.165, 1.54) is 19.4 Å². The van der Waals surface area contributed by atoms with E-state index in [0.29, 0.717) is 35.3 Å². The van der Waals surface area contributed by atoms with Crippen LogP contribution in [0.4, 0.5) is 0 Å². The Morgan fingerprint density at radius 2 is 1.82 bits per heavy atom. The number of hydrogen-bond acceptors (Lipinski definition) is 6. The molecule has 0 amide bonds. The zero-order valence-corrected chi connectivity index (χ0v) is 17.7. The Hall–Kier alpha value is -2.45. The van der Waals surface area contributed by atoms with Gasteiger partial charge in [-0.1, -0.05) is 17.7 Å². The summed E-state index contributed by atoms with van der Waals surface area (Å²) in [5.41, 5.74) is 1.33. The van der Waals surface area contributed by atoms with Crippen molar-refractivity contribution in [2.24, 2.45) is 5.10 Å². The fraction of sp³-hybridized carbons (Fsp3) is 0.316. The van der Waals surface area contributed by atoms with Gasteiger partial charge in [0.25, 0.3) is 10.0 Å². The van der Waals surface area contributed by atoms with Gasteiger partial charge in [0.05, 0.1) is 31.6 Å². The molecule has 0 aliphatic heterocycles. The maximum absolute atomic E-state index is 12.6. The van der Waals surface area contributed by atoms with E-state index in [0.717, 1.165) is 5.56 Å². The van der Waals surface area contributed by atoms with Crippen molar-refractivity contribution < 1.29 is 22.6 Å². The topological polar surface area (TPSA) is 86.2 Å². The van der Waals surface area contributed by atoms with Crippen molar-refractivity contribution in [2.75, 3.05) is 20.3 Å². The minimum atomic E-state index is -3.90. The lowest BCUT2D eigenvalue weighted by Crippen LogP contribution is -2.19. The summed E-state index contributed by atoms with van der Waals surface area (Å²) < 4.78 is 41.3. The smallest absolute Gasteiger partial charge is 0.280 e. The molecule has 7 nitrogen and oxygen atoms in total. The standard InChI is InChI=1S/C19H23ClN2O5S/c1-5-26-17-11-14(10-15(20)19(17)27-6-2)12-21-22-28(23,24)18-9-13(3)7-8-16(18)25-4/h7-12,22H,5-6H2,1-4H3/b21-12+. The Labute approximate surface area is 170 Å². The summed E-state index contributed by atoms with van der Waals surface area (Å²) in [6.07, 6.45) is 1.34. The number of hydrazone groups is 1. The van der Waals surface area contributed by atoms with Crippen LogP contribution in [0.3, 0.4) is 0 Å². The highest BCUT2D eigenvalue weighted by molar-refractivity contribution is 7.89. The first-order valence-electron chi connectivity index (χ1n) is 8.61. The molecule has 0 aromatic heterocycles. The molecule has 0 bridgehead atoms. The fourth-order valence-electron chi connectivity index (χ4n) is 2.42. The summed E-state index contributed by atoms with van der Waals surface area (Å²) in [6.45, 7) is 6.34. The highest BCUT2D eigenvalue weighted by Gasteiger charge is 2.19. The maximum Gasteiger partial charge on any atom is 0.280 e. The van der Waals surface area contributed by atoms with Crippen molar-refractivity contribution in [2.45, 2.75) is 25.7 Å². The minimum absolute atomic E-state index is 0.00637. The van der Waals surface area contributed by atoms with Crippen LogP contribution in [-0.4, -0.2) is 35.0 Å². The molecule has 0 saturated heterocycles. The lowest BCUT2D eigenvalue weighted by molar-refractivity contribution is 0.288. The number of methoxy groups -OCH3 is 1. The third-order valence-corrected chi connectivity index (χ3v) is 5.14. The maximum atomic E-state index is 12.6. The Kier molecular flexibility index (Phi) is 7.53. The molecule has 0 aliphatic rings. The van der Waals surface area contributed by atoms with E-state index in [2.05, 4.69) is 9.93 Å². The largest absolute Gasteiger partial charge is 0.495 e. The first-order valence-corrected chi connectivity index (χ1v) is 10.5. The number of nitrogens with zero attached hydrogens (tertiary/aromatic N) is 1. The number of nitrogens with one attached hydrogen (secondary N) is 1. The number of halogens is 1. The van der Waals surface area contributed by atoms with E-state index in [4.69, 9.17) is 25.8 Å². The lowest BCUT2D eigenvalue weighted by atomic mass is 10.2. The lowest BCUT2D eigenvalue weighted by Gasteiger charge is -2.13. The summed E-state index contributed by atoms with van der Waals surface area (Å²) in [4.78, 5) is 2.19. The van der Waals surface area contributed by atoms with Gasteiger partial charge in [-0.15, -0.1) is 0 Å². The van der Waals surface area contributed by atoms with E-state index < -0.39 is 10.0 Å². The molecule has 2 aromatic rings. The predicted octanol–water partition coefficient (Wildman–Crippen LogP) is 3.77. The number of benzene rings is 2. The van der Waals surface area contributed by atoms with Crippen molar-refractivity contribution in [1.82, 2.24) is 4.83 Å². The van der Waals surface area contributed by atoms with Gasteiger partial charge in [0, 0.05) is 0 Å². The minimum Gasteiger partial charge on any atom is -0.495 e. The van der Waals surface area contributed by atoms with Crippen LogP contribution < -0.4 is 19.0 Å². The molecule has 28 heavy (non-hydrogen) atoms. The molecule has 0 atom stereocenters. The van der Waals surface area contributed by atoms with Crippen molar-refractivity contribution in [3.8, 4) is 17.2 Å². The van der Waals surface area contributed by atoms with Crippen molar-refractivity contribution in [3.05, 3.63) is 46.5 Å². The molecule has 0 spiro atoms. The molecule has 152 valence electrons. The van der Waals surface area contributed by atoms with Gasteiger partial charge in [0.2, 0.25) is 0 Å². The zero-order valence-electron chi connectivity index (χ0n) is 16.2. The predicted molar refractivity (Wildman–Crippen MR) is 109 cm³/mol. The first kappa shape index (κ1) is 21.8. The van der Waals surface area contributed by atoms with Gasteiger partial charge in [-0.05, 0) is 56.2 Å². The second kappa shape index (κ2) is 9.66. The van der Waals surface area contributed by atoms with Crippen LogP contribution in [0.25, 0.3) is 0 Å². The molecule has 0 fully saturated rings. The monoisotopic (exact) mass is 426 g/mol. The van der Waals surface area contributed by atoms with Crippen LogP contribution in [0.2, 0.25) is 5.02 Å². The molecule has 0 aliphatic carbocycles. The molecule has 0 saturated carbocycles. The third kappa shape index (κ3) is 5.30. The van der Waals surface area contributed by atoms with Crippen LogP contribution in [0.5, 0.6) is 17.2 Å². The Morgan fingerprint density at radius 3 is 2.46 bits per heavy atom. The number of aryl methyl sites for hydroxylation is 1. The summed E-state index contributed by atoms with van der Waals surface area (Å²) in [7, 11) is -2.50. The van der Waals surface area contributed by atoms with Crippen LogP contribution in [0.15, 0.2) is 40.3 Å². The number of hydrogen-bond donors (Lipinski definition) is 1. The highest BCUT2D eigenvalue weighted by atomic mass is 35.5. The summed E-state index contributed by atoms with van der Waals surface area (Å²) in [5, 5.41) is 4.18. The van der Waals surface area contributed by atoms with Crippen LogP contribution >= 0.6 is 11.6 Å². The molecule has 0 radical (unpaired) electrons. The van der Waals surface area contributed by atoms with Gasteiger partial charge in [-0.3, -0.25) is 0 Å². The Bertz CT molecular complexity index is 961. The first-order chi connectivity index (χ1) is 13.3. The van der Waals surface area contributed by atoms with E-state index in [-0.39, 0.29) is 10.6 Å². The average molecular weight is 427 g/mol. The van der Waals surface area contributed by atoms with E-state index in [1.54, 1.807) is 31.2 Å². The van der Waals surface area contributed by atoms with E-state index >= 15 is 0 Å². The SMILES string of the molecule is CCOc1cc(/C=N/NS(=O)(=O)c2cc(C)ccc2OC)cc(Cl)c1OCC. The Morgan fingerprint density at radius 1 is 1.11 bits per heavy atom. The van der Waals surface area contributed by atoms with Crippen LogP contribution in [0, 0.1) is 6.92 Å². The van der Waals surface area contributed by atoms with Gasteiger partial charge in [0.15, 0.2) is 11.5 Å². The van der Waals surface area contributed by atoms with Gasteiger partial charge in [0.1, 0.15) is 10.6 Å². The van der Waals surface area contributed by atoms with Crippen LogP contribution in [0.1, 0.15) is 25.0 Å². The molecular weight excluding hydrogens is 404 g/mol. The van der Waals surface area contributed by atoms with Gasteiger partial charge in [-0.2, -0.15) is 18.4 Å². The van der Waals surface area contributed by atoms with Gasteiger partial charge in [-0.25, -0.2) is 0 Å². The Balaban J connectivity index is 2.28. The second-order valence-electron chi connectivity index (χ2n) is 5.70. The number of rotatable bonds is 9. The zero-order chi connectivity index (χ0) is 20.7. The molecule has 9 heteroatoms. The molecule has 0 unspecified atom stereocenters. The van der Waals surface area contributed by atoms with E-state index in [1.807, 2.05) is 13.8 Å². The molecule has 2 rings (SSSR count). The normalized spacial score (nSPS) is 11.5. The van der Waals surface area contributed by atoms with Gasteiger partial charge < -0.3 is 14.2 Å². The fourth-order valence-corrected chi connectivity index (χ4v) is 3.74. The second-order valence-corrected chi connectivity index (χ2v) is 7.74. The average Bonchev–Trinajstić information content (AvgIpc) is 2.64. The van der Waals surface area contributed by atoms with E-state index in [9.17, 15) is 8.42 Å². The van der Waals surface area contributed by atoms with Crippen LogP contribution in [-0.2, 0) is 10.0 Å². The molecular formula is C19H23ClN2O5S. The molecule has 0 heterocycles. The summed E-state index contributed by atoms with van der Waals surface area (Å²) in [5.74, 6) is 1.13. The highest BCUT2D eigenvalue weighted by Crippen LogP contribution is 2.36. The molecule has 1 N–H and O–H groups in total. The van der Waals surface area contributed by atoms with Crippen molar-refractivity contribution in [1.29, 1.82) is 0 Å². The number of ether oxygens (including phenoxy) is 3. The van der Waals surface area contributed by atoms with Crippen molar-refractivity contribution >= 4 is 27.8 Å². The van der Waals surface area contributed by atoms with Gasteiger partial charge >= 0.3 is 0 Å². The summed E-state index contributed by atoms with van der Waals surface area (Å²) in [6, 6.07) is 8.15. The quantitative estimate of drug-likeness (QED) is 0.487. The number of sulfonamides is 1. The molecule has 2 aromatic carbocycles.